The molecular weight excluding hydrogens is 290 g/mol. The van der Waals surface area contributed by atoms with Crippen molar-refractivity contribution in [2.45, 2.75) is 33.6 Å². The Morgan fingerprint density at radius 3 is 2.83 bits per heavy atom. The molecule has 0 radical (unpaired) electrons. The fourth-order valence-corrected chi connectivity index (χ4v) is 2.06. The zero-order chi connectivity index (χ0) is 16.9. The fraction of sp³-hybridized carbons (Fsp3) is 0.611. The van der Waals surface area contributed by atoms with Crippen LogP contribution in [-0.4, -0.2) is 43.9 Å². The van der Waals surface area contributed by atoms with Gasteiger partial charge in [0, 0.05) is 32.8 Å². The van der Waals surface area contributed by atoms with Gasteiger partial charge >= 0.3 is 0 Å². The first-order chi connectivity index (χ1) is 11.1. The van der Waals surface area contributed by atoms with Gasteiger partial charge in [0.2, 0.25) is 0 Å². The number of ether oxygens (including phenoxy) is 1. The molecule has 23 heavy (non-hydrogen) atoms. The summed E-state index contributed by atoms with van der Waals surface area (Å²) >= 11 is 0. The highest BCUT2D eigenvalue weighted by atomic mass is 16.5. The maximum atomic E-state index is 9.46. The van der Waals surface area contributed by atoms with Gasteiger partial charge < -0.3 is 20.5 Å². The number of phenols is 1. The van der Waals surface area contributed by atoms with Crippen LogP contribution >= 0.6 is 0 Å². The Morgan fingerprint density at radius 2 is 2.13 bits per heavy atom. The van der Waals surface area contributed by atoms with Crippen LogP contribution in [0, 0.1) is 5.92 Å². The van der Waals surface area contributed by atoms with Crippen molar-refractivity contribution < 1.29 is 9.84 Å². The van der Waals surface area contributed by atoms with E-state index in [4.69, 9.17) is 4.74 Å². The van der Waals surface area contributed by atoms with Crippen molar-refractivity contribution in [1.29, 1.82) is 0 Å². The molecule has 1 aromatic carbocycles. The first-order valence-electron chi connectivity index (χ1n) is 8.49. The van der Waals surface area contributed by atoms with Crippen molar-refractivity contribution in [3.63, 3.8) is 0 Å². The van der Waals surface area contributed by atoms with E-state index in [0.29, 0.717) is 11.7 Å². The maximum absolute atomic E-state index is 9.46. The van der Waals surface area contributed by atoms with Gasteiger partial charge in [-0.15, -0.1) is 0 Å². The van der Waals surface area contributed by atoms with E-state index in [1.54, 1.807) is 12.1 Å². The van der Waals surface area contributed by atoms with Gasteiger partial charge in [0.15, 0.2) is 5.96 Å². The lowest BCUT2D eigenvalue weighted by Gasteiger charge is -2.11. The molecule has 130 valence electrons. The third-order valence-electron chi connectivity index (χ3n) is 3.13. The van der Waals surface area contributed by atoms with E-state index < -0.39 is 0 Å². The lowest BCUT2D eigenvalue weighted by atomic mass is 10.1. The largest absolute Gasteiger partial charge is 0.508 e. The van der Waals surface area contributed by atoms with Gasteiger partial charge in [-0.05, 0) is 43.4 Å². The molecule has 0 bridgehead atoms. The molecule has 5 heteroatoms. The zero-order valence-corrected chi connectivity index (χ0v) is 14.6. The van der Waals surface area contributed by atoms with Crippen molar-refractivity contribution in [1.82, 2.24) is 10.6 Å². The van der Waals surface area contributed by atoms with Crippen molar-refractivity contribution in [3.05, 3.63) is 29.8 Å². The van der Waals surface area contributed by atoms with Gasteiger partial charge in [0.25, 0.3) is 0 Å². The van der Waals surface area contributed by atoms with Crippen molar-refractivity contribution >= 4 is 5.96 Å². The van der Waals surface area contributed by atoms with E-state index in [1.807, 2.05) is 12.1 Å². The summed E-state index contributed by atoms with van der Waals surface area (Å²) in [4.78, 5) is 4.54. The van der Waals surface area contributed by atoms with Crippen LogP contribution in [0.4, 0.5) is 0 Å². The average molecular weight is 321 g/mol. The number of nitrogens with zero attached hydrogens (tertiary/aromatic N) is 1. The summed E-state index contributed by atoms with van der Waals surface area (Å²) < 4.78 is 5.55. The quantitative estimate of drug-likeness (QED) is 0.352. The number of guanidine groups is 1. The molecule has 3 N–H and O–H groups in total. The van der Waals surface area contributed by atoms with Crippen LogP contribution in [0.2, 0.25) is 0 Å². The Kier molecular flexibility index (Phi) is 9.87. The number of hydrogen-bond acceptors (Lipinski definition) is 3. The molecule has 0 unspecified atom stereocenters. The SMILES string of the molecule is CCNC(=NCCCOCC(C)C)NCCc1cccc(O)c1. The average Bonchev–Trinajstić information content (AvgIpc) is 2.50. The molecule has 0 fully saturated rings. The third-order valence-corrected chi connectivity index (χ3v) is 3.13. The summed E-state index contributed by atoms with van der Waals surface area (Å²) in [6, 6.07) is 7.35. The Hall–Kier alpha value is -1.75. The first-order valence-corrected chi connectivity index (χ1v) is 8.49. The van der Waals surface area contributed by atoms with Crippen LogP contribution in [0.15, 0.2) is 29.3 Å². The number of phenolic OH excluding ortho intramolecular Hbond substituents is 1. The van der Waals surface area contributed by atoms with E-state index in [-0.39, 0.29) is 0 Å². The first kappa shape index (κ1) is 19.3. The van der Waals surface area contributed by atoms with Crippen molar-refractivity contribution in [2.75, 3.05) is 32.8 Å². The molecule has 0 saturated carbocycles. The Bertz CT molecular complexity index is 461. The van der Waals surface area contributed by atoms with Gasteiger partial charge in [-0.25, -0.2) is 0 Å². The minimum atomic E-state index is 0.310. The summed E-state index contributed by atoms with van der Waals surface area (Å²) in [6.07, 6.45) is 1.77. The van der Waals surface area contributed by atoms with Gasteiger partial charge in [-0.2, -0.15) is 0 Å². The summed E-state index contributed by atoms with van der Waals surface area (Å²) in [7, 11) is 0. The van der Waals surface area contributed by atoms with Gasteiger partial charge in [-0.3, -0.25) is 4.99 Å². The lowest BCUT2D eigenvalue weighted by Crippen LogP contribution is -2.38. The van der Waals surface area contributed by atoms with Crippen LogP contribution in [-0.2, 0) is 11.2 Å². The fourth-order valence-electron chi connectivity index (χ4n) is 2.06. The maximum Gasteiger partial charge on any atom is 0.191 e. The molecule has 0 saturated heterocycles. The molecule has 0 amide bonds. The molecule has 1 aromatic rings. The number of rotatable bonds is 10. The van der Waals surface area contributed by atoms with Crippen LogP contribution in [0.3, 0.4) is 0 Å². The summed E-state index contributed by atoms with van der Waals surface area (Å²) in [6.45, 7) is 10.3. The van der Waals surface area contributed by atoms with Crippen LogP contribution < -0.4 is 10.6 Å². The summed E-state index contributed by atoms with van der Waals surface area (Å²) in [5.41, 5.74) is 1.11. The second-order valence-electron chi connectivity index (χ2n) is 5.93. The minimum Gasteiger partial charge on any atom is -0.508 e. The monoisotopic (exact) mass is 321 g/mol. The van der Waals surface area contributed by atoms with Gasteiger partial charge in [-0.1, -0.05) is 26.0 Å². The number of benzene rings is 1. The smallest absolute Gasteiger partial charge is 0.191 e. The van der Waals surface area contributed by atoms with Gasteiger partial charge in [0.05, 0.1) is 0 Å². The summed E-state index contributed by atoms with van der Waals surface area (Å²) in [5.74, 6) is 1.72. The Balaban J connectivity index is 2.26. The highest BCUT2D eigenvalue weighted by Crippen LogP contribution is 2.10. The molecule has 0 spiro atoms. The highest BCUT2D eigenvalue weighted by molar-refractivity contribution is 5.79. The third kappa shape index (κ3) is 9.79. The lowest BCUT2D eigenvalue weighted by molar-refractivity contribution is 0.109. The van der Waals surface area contributed by atoms with Crippen LogP contribution in [0.5, 0.6) is 5.75 Å². The molecule has 0 heterocycles. The number of aromatic hydroxyl groups is 1. The topological polar surface area (TPSA) is 65.9 Å². The molecule has 0 atom stereocenters. The van der Waals surface area contributed by atoms with Crippen molar-refractivity contribution in [3.8, 4) is 5.75 Å². The highest BCUT2D eigenvalue weighted by Gasteiger charge is 1.99. The van der Waals surface area contributed by atoms with Crippen LogP contribution in [0.25, 0.3) is 0 Å². The second kappa shape index (κ2) is 11.8. The Morgan fingerprint density at radius 1 is 1.30 bits per heavy atom. The Labute approximate surface area is 140 Å². The zero-order valence-electron chi connectivity index (χ0n) is 14.6. The normalized spacial score (nSPS) is 11.7. The number of nitrogens with one attached hydrogen (secondary N) is 2. The molecule has 1 rings (SSSR count). The van der Waals surface area contributed by atoms with Crippen LogP contribution in [0.1, 0.15) is 32.8 Å². The van der Waals surface area contributed by atoms with Gasteiger partial charge in [0.1, 0.15) is 5.75 Å². The minimum absolute atomic E-state index is 0.310. The number of aliphatic imine (C=N–C) groups is 1. The van der Waals surface area contributed by atoms with E-state index in [1.165, 1.54) is 0 Å². The predicted octanol–water partition coefficient (Wildman–Crippen LogP) is 2.55. The predicted molar refractivity (Wildman–Crippen MR) is 96.1 cm³/mol. The number of hydrogen-bond donors (Lipinski definition) is 3. The molecular formula is C18H31N3O2. The van der Waals surface area contributed by atoms with E-state index >= 15 is 0 Å². The molecule has 0 aliphatic carbocycles. The van der Waals surface area contributed by atoms with E-state index in [9.17, 15) is 5.11 Å². The van der Waals surface area contributed by atoms with Crippen molar-refractivity contribution in [2.24, 2.45) is 10.9 Å². The molecule has 5 nitrogen and oxygen atoms in total. The molecule has 0 aliphatic heterocycles. The molecule has 0 aromatic heterocycles. The second-order valence-corrected chi connectivity index (χ2v) is 5.93. The molecule has 0 aliphatic rings. The van der Waals surface area contributed by atoms with E-state index in [0.717, 1.165) is 57.2 Å². The standard InChI is InChI=1S/C18H31N3O2/c1-4-19-18(20-10-6-12-23-14-15(2)3)21-11-9-16-7-5-8-17(22)13-16/h5,7-8,13,15,22H,4,6,9-12,14H2,1-3H3,(H2,19,20,21). The summed E-state index contributed by atoms with van der Waals surface area (Å²) in [5, 5.41) is 16.0. The van der Waals surface area contributed by atoms with E-state index in [2.05, 4.69) is 36.4 Å².